The van der Waals surface area contributed by atoms with Gasteiger partial charge in [-0.25, -0.2) is 4.79 Å². The Balaban J connectivity index is 1.70. The Labute approximate surface area is 119 Å². The first-order chi connectivity index (χ1) is 9.65. The van der Waals surface area contributed by atoms with Crippen molar-refractivity contribution < 1.29 is 19.4 Å². The van der Waals surface area contributed by atoms with Crippen molar-refractivity contribution in [2.75, 3.05) is 32.8 Å². The zero-order valence-electron chi connectivity index (χ0n) is 11.8. The van der Waals surface area contributed by atoms with Crippen molar-refractivity contribution in [3.05, 3.63) is 0 Å². The molecular weight excluding hydrogens is 260 g/mol. The quantitative estimate of drug-likeness (QED) is 0.798. The highest BCUT2D eigenvalue weighted by Crippen LogP contribution is 2.21. The fraction of sp³-hybridized carbons (Fsp3) is 0.857. The van der Waals surface area contributed by atoms with Crippen LogP contribution < -0.4 is 5.32 Å². The number of amides is 2. The van der Waals surface area contributed by atoms with Crippen molar-refractivity contribution in [3.63, 3.8) is 0 Å². The Bertz CT molecular complexity index is 342. The van der Waals surface area contributed by atoms with E-state index < -0.39 is 5.97 Å². The van der Waals surface area contributed by atoms with Crippen molar-refractivity contribution in [1.29, 1.82) is 0 Å². The van der Waals surface area contributed by atoms with Gasteiger partial charge >= 0.3 is 12.0 Å². The van der Waals surface area contributed by atoms with E-state index in [1.165, 1.54) is 0 Å². The summed E-state index contributed by atoms with van der Waals surface area (Å²) in [6, 6.07) is -0.0167. The summed E-state index contributed by atoms with van der Waals surface area (Å²) in [5.74, 6) is -0.000213. The Morgan fingerprint density at radius 3 is 2.85 bits per heavy atom. The molecular formula is C14H24N2O4. The summed E-state index contributed by atoms with van der Waals surface area (Å²) in [4.78, 5) is 24.5. The van der Waals surface area contributed by atoms with Crippen LogP contribution in [0.1, 0.15) is 32.1 Å². The second-order valence-electron chi connectivity index (χ2n) is 5.80. The van der Waals surface area contributed by atoms with Gasteiger partial charge < -0.3 is 20.1 Å². The predicted octanol–water partition coefficient (Wildman–Crippen LogP) is 1.31. The zero-order valence-corrected chi connectivity index (χ0v) is 11.8. The molecule has 2 atom stereocenters. The number of piperidine rings is 1. The van der Waals surface area contributed by atoms with Crippen LogP contribution in [0.2, 0.25) is 0 Å². The van der Waals surface area contributed by atoms with Crippen LogP contribution in [0.3, 0.4) is 0 Å². The maximum absolute atomic E-state index is 12.1. The van der Waals surface area contributed by atoms with Crippen LogP contribution in [0, 0.1) is 11.8 Å². The van der Waals surface area contributed by atoms with Gasteiger partial charge in [0.2, 0.25) is 0 Å². The molecule has 0 aromatic carbocycles. The predicted molar refractivity (Wildman–Crippen MR) is 73.5 cm³/mol. The largest absolute Gasteiger partial charge is 0.481 e. The van der Waals surface area contributed by atoms with E-state index >= 15 is 0 Å². The number of ether oxygens (including phenoxy) is 1. The first-order valence-corrected chi connectivity index (χ1v) is 7.47. The third kappa shape index (κ3) is 4.67. The molecule has 0 spiro atoms. The summed E-state index contributed by atoms with van der Waals surface area (Å²) in [7, 11) is 0. The number of likely N-dealkylation sites (tertiary alicyclic amines) is 1. The van der Waals surface area contributed by atoms with E-state index in [2.05, 4.69) is 5.32 Å². The van der Waals surface area contributed by atoms with Gasteiger partial charge in [-0.05, 0) is 31.6 Å². The van der Waals surface area contributed by atoms with Gasteiger partial charge in [0, 0.05) is 38.6 Å². The molecule has 0 radical (unpaired) electrons. The van der Waals surface area contributed by atoms with Crippen LogP contribution in [-0.2, 0) is 9.53 Å². The lowest BCUT2D eigenvalue weighted by Crippen LogP contribution is -2.46. The van der Waals surface area contributed by atoms with Gasteiger partial charge in [-0.3, -0.25) is 4.79 Å². The topological polar surface area (TPSA) is 78.9 Å². The van der Waals surface area contributed by atoms with E-state index in [9.17, 15) is 9.59 Å². The second-order valence-corrected chi connectivity index (χ2v) is 5.80. The van der Waals surface area contributed by atoms with Gasteiger partial charge in [0.1, 0.15) is 0 Å². The fourth-order valence-electron chi connectivity index (χ4n) is 2.90. The Hall–Kier alpha value is -1.30. The zero-order chi connectivity index (χ0) is 14.4. The van der Waals surface area contributed by atoms with E-state index in [1.807, 2.05) is 4.90 Å². The van der Waals surface area contributed by atoms with E-state index in [1.54, 1.807) is 0 Å². The van der Waals surface area contributed by atoms with Crippen LogP contribution in [0.15, 0.2) is 0 Å². The number of hydrogen-bond donors (Lipinski definition) is 2. The van der Waals surface area contributed by atoms with Gasteiger partial charge in [-0.1, -0.05) is 0 Å². The first-order valence-electron chi connectivity index (χ1n) is 7.47. The molecule has 2 heterocycles. The molecule has 2 fully saturated rings. The van der Waals surface area contributed by atoms with Crippen LogP contribution in [-0.4, -0.2) is 54.9 Å². The molecule has 0 saturated carbocycles. The number of nitrogens with one attached hydrogen (secondary N) is 1. The van der Waals surface area contributed by atoms with Gasteiger partial charge in [0.05, 0.1) is 6.61 Å². The Morgan fingerprint density at radius 1 is 1.30 bits per heavy atom. The SMILES string of the molecule is O=C(O)CCC1CCCN(C(=O)NCC2CCOC2)C1. The van der Waals surface area contributed by atoms with Crippen molar-refractivity contribution >= 4 is 12.0 Å². The average Bonchev–Trinajstić information content (AvgIpc) is 2.96. The molecule has 2 amide bonds. The minimum absolute atomic E-state index is 0.0167. The summed E-state index contributed by atoms with van der Waals surface area (Å²) >= 11 is 0. The number of nitrogens with zero attached hydrogens (tertiary/aromatic N) is 1. The number of carboxylic acid groups (broad SMARTS) is 1. The highest BCUT2D eigenvalue weighted by molar-refractivity contribution is 5.74. The highest BCUT2D eigenvalue weighted by Gasteiger charge is 2.25. The van der Waals surface area contributed by atoms with Crippen LogP contribution in [0.25, 0.3) is 0 Å². The summed E-state index contributed by atoms with van der Waals surface area (Å²) in [5.41, 5.74) is 0. The lowest BCUT2D eigenvalue weighted by Gasteiger charge is -2.32. The molecule has 2 N–H and O–H groups in total. The first kappa shape index (κ1) is 15.1. The summed E-state index contributed by atoms with van der Waals surface area (Å²) in [6.45, 7) is 3.66. The number of hydrogen-bond acceptors (Lipinski definition) is 3. The molecule has 114 valence electrons. The van der Waals surface area contributed by atoms with E-state index in [-0.39, 0.29) is 12.5 Å². The summed E-state index contributed by atoms with van der Waals surface area (Å²) in [5, 5.41) is 11.7. The molecule has 2 saturated heterocycles. The van der Waals surface area contributed by atoms with Crippen molar-refractivity contribution in [2.24, 2.45) is 11.8 Å². The highest BCUT2D eigenvalue weighted by atomic mass is 16.5. The number of carbonyl (C=O) groups is 2. The molecule has 2 unspecified atom stereocenters. The monoisotopic (exact) mass is 284 g/mol. The van der Waals surface area contributed by atoms with Gasteiger partial charge in [0.25, 0.3) is 0 Å². The third-order valence-electron chi connectivity index (χ3n) is 4.14. The number of urea groups is 1. The molecule has 0 aromatic rings. The smallest absolute Gasteiger partial charge is 0.317 e. The van der Waals surface area contributed by atoms with E-state index in [4.69, 9.17) is 9.84 Å². The minimum Gasteiger partial charge on any atom is -0.481 e. The second kappa shape index (κ2) is 7.47. The van der Waals surface area contributed by atoms with Gasteiger partial charge in [0.15, 0.2) is 0 Å². The van der Waals surface area contributed by atoms with Crippen LogP contribution >= 0.6 is 0 Å². The van der Waals surface area contributed by atoms with Crippen molar-refractivity contribution in [3.8, 4) is 0 Å². The molecule has 6 nitrogen and oxygen atoms in total. The lowest BCUT2D eigenvalue weighted by molar-refractivity contribution is -0.137. The molecule has 0 bridgehead atoms. The van der Waals surface area contributed by atoms with Crippen LogP contribution in [0.4, 0.5) is 4.79 Å². The lowest BCUT2D eigenvalue weighted by atomic mass is 9.93. The fourth-order valence-corrected chi connectivity index (χ4v) is 2.90. The van der Waals surface area contributed by atoms with Crippen molar-refractivity contribution in [2.45, 2.75) is 32.1 Å². The van der Waals surface area contributed by atoms with Crippen LogP contribution in [0.5, 0.6) is 0 Å². The normalized spacial score (nSPS) is 26.5. The number of aliphatic carboxylic acids is 1. The number of carbonyl (C=O) groups excluding carboxylic acids is 1. The maximum Gasteiger partial charge on any atom is 0.317 e. The molecule has 0 aromatic heterocycles. The number of rotatable bonds is 5. The van der Waals surface area contributed by atoms with E-state index in [0.29, 0.717) is 31.3 Å². The molecule has 6 heteroatoms. The molecule has 2 rings (SSSR count). The third-order valence-corrected chi connectivity index (χ3v) is 4.14. The Kier molecular flexibility index (Phi) is 5.64. The molecule has 0 aliphatic carbocycles. The average molecular weight is 284 g/mol. The minimum atomic E-state index is -0.757. The van der Waals surface area contributed by atoms with Crippen molar-refractivity contribution in [1.82, 2.24) is 10.2 Å². The standard InChI is InChI=1S/C14H24N2O4/c17-13(18)4-3-11-2-1-6-16(9-11)14(19)15-8-12-5-7-20-10-12/h11-12H,1-10H2,(H,15,19)(H,17,18). The number of carboxylic acids is 1. The maximum atomic E-state index is 12.1. The van der Waals surface area contributed by atoms with E-state index in [0.717, 1.165) is 39.0 Å². The van der Waals surface area contributed by atoms with Gasteiger partial charge in [-0.2, -0.15) is 0 Å². The molecule has 2 aliphatic heterocycles. The summed E-state index contributed by atoms with van der Waals surface area (Å²) in [6.07, 6.45) is 3.86. The molecule has 2 aliphatic rings. The molecule has 20 heavy (non-hydrogen) atoms. The Morgan fingerprint density at radius 2 is 2.15 bits per heavy atom. The van der Waals surface area contributed by atoms with Gasteiger partial charge in [-0.15, -0.1) is 0 Å². The summed E-state index contributed by atoms with van der Waals surface area (Å²) < 4.78 is 5.29.